The van der Waals surface area contributed by atoms with Crippen LogP contribution in [0.1, 0.15) is 35.1 Å². The van der Waals surface area contributed by atoms with Crippen LogP contribution in [0.3, 0.4) is 0 Å². The summed E-state index contributed by atoms with van der Waals surface area (Å²) in [7, 11) is -9.03. The number of nitrogens with zero attached hydrogens (tertiary/aromatic N) is 4. The molecule has 6 rings (SSSR count). The molecule has 0 saturated carbocycles. The van der Waals surface area contributed by atoms with Crippen LogP contribution in [0.5, 0.6) is 0 Å². The van der Waals surface area contributed by atoms with E-state index in [1.54, 1.807) is 48.5 Å². The Kier molecular flexibility index (Phi) is 7.88. The summed E-state index contributed by atoms with van der Waals surface area (Å²) in [5, 5.41) is 18.1. The van der Waals surface area contributed by atoms with Crippen molar-refractivity contribution in [2.75, 3.05) is 0 Å². The van der Waals surface area contributed by atoms with Crippen molar-refractivity contribution in [3.05, 3.63) is 131 Å². The van der Waals surface area contributed by atoms with Gasteiger partial charge in [-0.25, -0.2) is 0 Å². The fourth-order valence-corrected chi connectivity index (χ4v) is 7.12. The van der Waals surface area contributed by atoms with E-state index in [0.717, 1.165) is 5.56 Å². The van der Waals surface area contributed by atoms with Gasteiger partial charge in [0.25, 0.3) is 20.2 Å². The van der Waals surface area contributed by atoms with E-state index in [2.05, 4.69) is 20.5 Å². The van der Waals surface area contributed by atoms with Crippen molar-refractivity contribution in [1.82, 2.24) is 0 Å². The highest BCUT2D eigenvalue weighted by Gasteiger charge is 2.38. The number of hydrogen-bond acceptors (Lipinski definition) is 10. The molecule has 2 aliphatic rings. The highest BCUT2D eigenvalue weighted by molar-refractivity contribution is 7.95. The fraction of sp³-hybridized carbons (Fsp3) is 0.125. The molecule has 2 aliphatic carbocycles. The third-order valence-electron chi connectivity index (χ3n) is 7.84. The van der Waals surface area contributed by atoms with E-state index >= 15 is 0 Å². The molecule has 0 amide bonds. The molecule has 234 valence electrons. The molecule has 0 aromatic heterocycles. The first-order chi connectivity index (χ1) is 21.8. The zero-order valence-electron chi connectivity index (χ0n) is 24.1. The Morgan fingerprint density at radius 1 is 0.565 bits per heavy atom. The lowest BCUT2D eigenvalue weighted by Gasteiger charge is -2.30. The van der Waals surface area contributed by atoms with Crippen molar-refractivity contribution >= 4 is 41.4 Å². The molecule has 4 aromatic rings. The van der Waals surface area contributed by atoms with E-state index < -0.39 is 31.6 Å². The van der Waals surface area contributed by atoms with Gasteiger partial charge in [0.2, 0.25) is 0 Å². The lowest BCUT2D eigenvalue weighted by molar-refractivity contribution is 0.442. The Morgan fingerprint density at radius 2 is 1.02 bits per heavy atom. The van der Waals surface area contributed by atoms with Gasteiger partial charge in [-0.15, -0.1) is 0 Å². The van der Waals surface area contributed by atoms with Crippen LogP contribution in [0.15, 0.2) is 130 Å². The second-order valence-electron chi connectivity index (χ2n) is 10.9. The van der Waals surface area contributed by atoms with E-state index in [1.165, 1.54) is 24.3 Å². The molecule has 4 aromatic carbocycles. The molecule has 6 N–H and O–H groups in total. The van der Waals surface area contributed by atoms with Gasteiger partial charge >= 0.3 is 0 Å². The van der Waals surface area contributed by atoms with Gasteiger partial charge in [-0.05, 0) is 11.6 Å². The highest BCUT2D eigenvalue weighted by Crippen LogP contribution is 2.44. The number of benzene rings is 4. The fourth-order valence-electron chi connectivity index (χ4n) is 5.62. The quantitative estimate of drug-likeness (QED) is 0.129. The third-order valence-corrected chi connectivity index (χ3v) is 9.72. The molecule has 12 nitrogen and oxygen atoms in total. The summed E-state index contributed by atoms with van der Waals surface area (Å²) in [5.41, 5.74) is 13.6. The van der Waals surface area contributed by atoms with Gasteiger partial charge in [-0.2, -0.15) is 37.3 Å². The van der Waals surface area contributed by atoms with Crippen molar-refractivity contribution in [3.8, 4) is 11.1 Å². The van der Waals surface area contributed by atoms with Crippen molar-refractivity contribution in [2.45, 2.75) is 24.2 Å². The Labute approximate surface area is 265 Å². The van der Waals surface area contributed by atoms with Crippen LogP contribution >= 0.6 is 0 Å². The number of hydrogen-bond donors (Lipinski definition) is 4. The monoisotopic (exact) mass is 656 g/mol. The molecule has 0 heterocycles. The largest absolute Gasteiger partial charge is 0.302 e. The molecule has 46 heavy (non-hydrogen) atoms. The van der Waals surface area contributed by atoms with Crippen LogP contribution in [0.2, 0.25) is 0 Å². The first-order valence-corrected chi connectivity index (χ1v) is 16.9. The average molecular weight is 657 g/mol. The maximum absolute atomic E-state index is 12.1. The first kappa shape index (κ1) is 31.3. The van der Waals surface area contributed by atoms with E-state index in [-0.39, 0.29) is 39.5 Å². The van der Waals surface area contributed by atoms with Gasteiger partial charge in [-0.1, -0.05) is 103 Å². The van der Waals surface area contributed by atoms with Crippen LogP contribution in [0.4, 0.5) is 11.4 Å². The van der Waals surface area contributed by atoms with Crippen molar-refractivity contribution in [3.63, 3.8) is 0 Å². The van der Waals surface area contributed by atoms with Gasteiger partial charge in [0.1, 0.15) is 11.4 Å². The van der Waals surface area contributed by atoms with Crippen molar-refractivity contribution in [2.24, 2.45) is 31.9 Å². The first-order valence-electron chi connectivity index (χ1n) is 14.0. The molecule has 0 radical (unpaired) electrons. The van der Waals surface area contributed by atoms with Crippen LogP contribution < -0.4 is 11.5 Å². The molecule has 2 unspecified atom stereocenters. The molecule has 2 atom stereocenters. The molecule has 0 fully saturated rings. The van der Waals surface area contributed by atoms with E-state index in [0.29, 0.717) is 22.4 Å². The topological polar surface area (TPSA) is 210 Å². The van der Waals surface area contributed by atoms with Gasteiger partial charge < -0.3 is 11.5 Å². The summed E-state index contributed by atoms with van der Waals surface area (Å²) >= 11 is 0. The standard InChI is InChI=1S/C32H28N6O6S2/c33-31(19-17-28(45(39,40)41)23-11-4-6-14-25(23)31)37-35-27-16-8-13-22(21-9-2-1-3-10-21)30(27)36-38-32(34)20-18-29(46(42,43)44)24-12-5-7-15-26(24)32/h1-18H,19-20,33-34H2,(H,39,40,41)(H,42,43,44)/b37-35+,38-36+. The molecular formula is C32H28N6O6S2. The number of nitrogens with two attached hydrogens (primary N) is 2. The smallest absolute Gasteiger partial charge is 0.294 e. The van der Waals surface area contributed by atoms with Gasteiger partial charge in [0.05, 0.1) is 9.81 Å². The maximum Gasteiger partial charge on any atom is 0.294 e. The number of azo groups is 2. The summed E-state index contributed by atoms with van der Waals surface area (Å²) in [6.45, 7) is 0. The second kappa shape index (κ2) is 11.6. The Bertz CT molecular complexity index is 2200. The van der Waals surface area contributed by atoms with Crippen molar-refractivity contribution in [1.29, 1.82) is 0 Å². The average Bonchev–Trinajstić information content (AvgIpc) is 3.03. The predicted molar refractivity (Wildman–Crippen MR) is 174 cm³/mol. The summed E-state index contributed by atoms with van der Waals surface area (Å²) in [5.74, 6) is 0. The Morgan fingerprint density at radius 3 is 1.54 bits per heavy atom. The van der Waals surface area contributed by atoms with E-state index in [1.807, 2.05) is 36.4 Å². The predicted octanol–water partition coefficient (Wildman–Crippen LogP) is 6.41. The highest BCUT2D eigenvalue weighted by atomic mass is 32.2. The van der Waals surface area contributed by atoms with Gasteiger partial charge in [0.15, 0.2) is 11.3 Å². The zero-order chi connectivity index (χ0) is 32.7. The minimum Gasteiger partial charge on any atom is -0.302 e. The van der Waals surface area contributed by atoms with E-state index in [9.17, 15) is 25.9 Å². The molecule has 14 heteroatoms. The summed E-state index contributed by atoms with van der Waals surface area (Å²) in [4.78, 5) is -0.516. The van der Waals surface area contributed by atoms with Crippen LogP contribution in [-0.4, -0.2) is 25.9 Å². The minimum atomic E-state index is -4.52. The summed E-state index contributed by atoms with van der Waals surface area (Å²) in [6.07, 6.45) is 2.49. The maximum atomic E-state index is 12.1. The third kappa shape index (κ3) is 5.85. The molecule has 0 bridgehead atoms. The Balaban J connectivity index is 1.46. The Hall–Kier alpha value is -4.70. The molecule has 0 saturated heterocycles. The molecule has 0 spiro atoms. The van der Waals surface area contributed by atoms with Gasteiger partial charge in [0, 0.05) is 40.7 Å². The number of fused-ring (bicyclic) bond motifs is 2. The number of rotatable bonds is 7. The summed E-state index contributed by atoms with van der Waals surface area (Å²) in [6, 6.07) is 27.6. The summed E-state index contributed by atoms with van der Waals surface area (Å²) < 4.78 is 67.8. The SMILES string of the molecule is NC1(/N=N/c2cccc(-c3ccccc3)c2/N=N/C2(N)CC=C(S(=O)(=O)O)c3ccccc32)CC=C(S(=O)(=O)O)c2ccccc21. The van der Waals surface area contributed by atoms with Gasteiger partial charge in [-0.3, -0.25) is 9.11 Å². The van der Waals surface area contributed by atoms with Crippen LogP contribution in [0, 0.1) is 0 Å². The van der Waals surface area contributed by atoms with Crippen LogP contribution in [-0.2, 0) is 31.6 Å². The second-order valence-corrected chi connectivity index (χ2v) is 13.7. The molecule has 0 aliphatic heterocycles. The van der Waals surface area contributed by atoms with E-state index in [4.69, 9.17) is 11.5 Å². The normalized spacial score (nSPS) is 21.5. The molecular weight excluding hydrogens is 629 g/mol. The zero-order valence-corrected chi connectivity index (χ0v) is 25.7. The van der Waals surface area contributed by atoms with Crippen LogP contribution in [0.25, 0.3) is 20.9 Å². The lowest BCUT2D eigenvalue weighted by Crippen LogP contribution is -2.37. The minimum absolute atomic E-state index is 0.0665. The van der Waals surface area contributed by atoms with Crippen molar-refractivity contribution < 1.29 is 25.9 Å². The lowest BCUT2D eigenvalue weighted by atomic mass is 9.88.